The van der Waals surface area contributed by atoms with Gasteiger partial charge < -0.3 is 19.6 Å². The van der Waals surface area contributed by atoms with Crippen LogP contribution < -0.4 is 11.2 Å². The molecule has 1 aromatic rings. The summed E-state index contributed by atoms with van der Waals surface area (Å²) >= 11 is 0. The van der Waals surface area contributed by atoms with E-state index in [4.69, 9.17) is 14.6 Å². The van der Waals surface area contributed by atoms with Crippen LogP contribution in [0.25, 0.3) is 0 Å². The van der Waals surface area contributed by atoms with E-state index in [1.54, 1.807) is 6.92 Å². The zero-order chi connectivity index (χ0) is 23.4. The molecular weight excluding hydrogens is 416 g/mol. The molecule has 2 N–H and O–H groups in total. The molecule has 10 heteroatoms. The third kappa shape index (κ3) is 5.86. The van der Waals surface area contributed by atoms with Crippen LogP contribution in [0.1, 0.15) is 31.2 Å². The van der Waals surface area contributed by atoms with Gasteiger partial charge in [-0.2, -0.15) is 0 Å². The number of aromatic amines is 1. The molecule has 178 valence electrons. The number of aryl methyl sites for hydroxylation is 1. The van der Waals surface area contributed by atoms with Crippen molar-refractivity contribution in [3.63, 3.8) is 0 Å². The zero-order valence-electron chi connectivity index (χ0n) is 19.0. The van der Waals surface area contributed by atoms with E-state index in [1.807, 2.05) is 4.90 Å². The highest BCUT2D eigenvalue weighted by Crippen LogP contribution is 2.40. The number of hydrogen-bond donors (Lipinski definition) is 2. The summed E-state index contributed by atoms with van der Waals surface area (Å²) < 4.78 is 7.59. The Bertz CT molecular complexity index is 922. The maximum absolute atomic E-state index is 12.9. The van der Waals surface area contributed by atoms with Crippen molar-refractivity contribution in [1.82, 2.24) is 19.4 Å². The van der Waals surface area contributed by atoms with Crippen LogP contribution in [0.15, 0.2) is 15.8 Å². The lowest BCUT2D eigenvalue weighted by Crippen LogP contribution is -2.48. The number of ether oxygens (including phenoxy) is 1. The molecule has 1 saturated heterocycles. The maximum Gasteiger partial charge on any atom is 0.328 e. The number of carboxylic acid groups (broad SMARTS) is 1. The average Bonchev–Trinajstić information content (AvgIpc) is 3.47. The zero-order valence-corrected chi connectivity index (χ0v) is 19.0. The molecule has 2 heterocycles. The van der Waals surface area contributed by atoms with Crippen molar-refractivity contribution < 1.29 is 19.4 Å². The van der Waals surface area contributed by atoms with E-state index in [9.17, 15) is 14.4 Å². The number of nitrogens with zero attached hydrogens (tertiary/aromatic N) is 3. The van der Waals surface area contributed by atoms with Gasteiger partial charge in [0.15, 0.2) is 0 Å². The molecule has 32 heavy (non-hydrogen) atoms. The van der Waals surface area contributed by atoms with Gasteiger partial charge in [-0.15, -0.1) is 0 Å². The van der Waals surface area contributed by atoms with E-state index in [0.717, 1.165) is 38.5 Å². The highest BCUT2D eigenvalue weighted by Gasteiger charge is 2.44. The molecule has 0 spiro atoms. The largest absolute Gasteiger partial charge is 0.483 e. The number of aromatic nitrogens is 2. The lowest BCUT2D eigenvalue weighted by Gasteiger charge is -2.41. The molecule has 2 saturated carbocycles. The predicted octanol–water partition coefficient (Wildman–Crippen LogP) is 0.140. The summed E-state index contributed by atoms with van der Waals surface area (Å²) in [6, 6.07) is 0.384. The highest BCUT2D eigenvalue weighted by atomic mass is 16.5. The fourth-order valence-corrected chi connectivity index (χ4v) is 4.84. The Hall–Kier alpha value is -2.46. The number of carbonyl (C=O) groups excluding carboxylic acids is 1. The number of likely N-dealkylation sites (tertiary alicyclic amines) is 1. The molecule has 4 rings (SSSR count). The number of nitrogens with one attached hydrogen (secondary N) is 1. The number of carbonyl (C=O) groups is 2. The summed E-state index contributed by atoms with van der Waals surface area (Å²) in [4.78, 5) is 51.2. The minimum absolute atomic E-state index is 0.0331. The Morgan fingerprint density at radius 3 is 2.47 bits per heavy atom. The number of amides is 1. The summed E-state index contributed by atoms with van der Waals surface area (Å²) in [7, 11) is 4.22. The number of hydrogen-bond acceptors (Lipinski definition) is 6. The van der Waals surface area contributed by atoms with Gasteiger partial charge in [-0.25, -0.2) is 4.79 Å². The van der Waals surface area contributed by atoms with Gasteiger partial charge in [-0.3, -0.25) is 23.9 Å². The lowest BCUT2D eigenvalue weighted by atomic mass is 9.77. The van der Waals surface area contributed by atoms with Gasteiger partial charge >= 0.3 is 5.69 Å². The molecule has 1 aromatic heterocycles. The summed E-state index contributed by atoms with van der Waals surface area (Å²) in [6.07, 6.45) is 6.29. The van der Waals surface area contributed by atoms with Crippen molar-refractivity contribution in [3.05, 3.63) is 32.6 Å². The van der Waals surface area contributed by atoms with E-state index >= 15 is 0 Å². The Morgan fingerprint density at radius 1 is 1.25 bits per heavy atom. The maximum atomic E-state index is 12.9. The molecule has 1 amide bonds. The van der Waals surface area contributed by atoms with Crippen molar-refractivity contribution >= 4 is 12.4 Å². The second kappa shape index (κ2) is 10.4. The molecule has 0 bridgehead atoms. The fraction of sp³-hybridized carbons (Fsp3) is 0.727. The van der Waals surface area contributed by atoms with Gasteiger partial charge in [-0.05, 0) is 64.5 Å². The van der Waals surface area contributed by atoms with Crippen LogP contribution in [0.2, 0.25) is 0 Å². The highest BCUT2D eigenvalue weighted by molar-refractivity contribution is 5.76. The molecule has 1 aliphatic heterocycles. The minimum atomic E-state index is -0.535. The van der Waals surface area contributed by atoms with Crippen LogP contribution >= 0.6 is 0 Å². The van der Waals surface area contributed by atoms with Crippen LogP contribution in [0.4, 0.5) is 0 Å². The quantitative estimate of drug-likeness (QED) is 0.591. The Labute approximate surface area is 187 Å². The number of rotatable bonds is 6. The molecule has 0 aromatic carbocycles. The number of likely N-dealkylation sites (N-methyl/N-ethyl adjacent to an activating group) is 1. The van der Waals surface area contributed by atoms with Gasteiger partial charge in [-0.1, -0.05) is 0 Å². The van der Waals surface area contributed by atoms with Gasteiger partial charge in [0.2, 0.25) is 5.91 Å². The number of H-pyrrole nitrogens is 1. The first kappa shape index (κ1) is 24.2. The molecule has 3 aliphatic rings. The van der Waals surface area contributed by atoms with Gasteiger partial charge in [0, 0.05) is 37.5 Å². The first-order valence-corrected chi connectivity index (χ1v) is 11.2. The third-order valence-corrected chi connectivity index (χ3v) is 6.84. The van der Waals surface area contributed by atoms with Gasteiger partial charge in [0.05, 0.1) is 6.10 Å². The molecule has 4 atom stereocenters. The SMILES string of the molecule is Cc1cn(CC(=O)N2C[C@H]3C[C@@H](N(C)C)[C@H](OCC4CC4)C[C@H]3C2)c(=O)[nH]c1=O.O=CO. The van der Waals surface area contributed by atoms with Crippen LogP contribution in [0.3, 0.4) is 0 Å². The summed E-state index contributed by atoms with van der Waals surface area (Å²) in [5.41, 5.74) is -0.512. The molecule has 3 fully saturated rings. The van der Waals surface area contributed by atoms with E-state index in [0.29, 0.717) is 23.4 Å². The Balaban J connectivity index is 0.000000913. The molecule has 0 unspecified atom stereocenters. The molecule has 2 aliphatic carbocycles. The summed E-state index contributed by atoms with van der Waals surface area (Å²) in [5, 5.41) is 6.89. The first-order chi connectivity index (χ1) is 15.2. The Morgan fingerprint density at radius 2 is 1.88 bits per heavy atom. The van der Waals surface area contributed by atoms with Crippen LogP contribution in [-0.2, 0) is 20.9 Å². The van der Waals surface area contributed by atoms with Crippen LogP contribution in [-0.4, -0.2) is 82.8 Å². The molecule has 10 nitrogen and oxygen atoms in total. The monoisotopic (exact) mass is 450 g/mol. The topological polar surface area (TPSA) is 125 Å². The van der Waals surface area contributed by atoms with Crippen molar-refractivity contribution in [2.45, 2.75) is 51.3 Å². The lowest BCUT2D eigenvalue weighted by molar-refractivity contribution is -0.131. The van der Waals surface area contributed by atoms with Crippen molar-refractivity contribution in [3.8, 4) is 0 Å². The predicted molar refractivity (Wildman–Crippen MR) is 117 cm³/mol. The van der Waals surface area contributed by atoms with Crippen molar-refractivity contribution in [2.24, 2.45) is 17.8 Å². The number of fused-ring (bicyclic) bond motifs is 1. The van der Waals surface area contributed by atoms with Gasteiger partial charge in [0.1, 0.15) is 6.54 Å². The molecular formula is C22H34N4O6. The minimum Gasteiger partial charge on any atom is -0.483 e. The van der Waals surface area contributed by atoms with E-state index < -0.39 is 11.2 Å². The second-order valence-electron chi connectivity index (χ2n) is 9.44. The normalized spacial score (nSPS) is 26.9. The third-order valence-electron chi connectivity index (χ3n) is 6.84. The summed E-state index contributed by atoms with van der Waals surface area (Å²) in [5.74, 6) is 1.61. The average molecular weight is 451 g/mol. The van der Waals surface area contributed by atoms with E-state index in [-0.39, 0.29) is 25.0 Å². The van der Waals surface area contributed by atoms with E-state index in [2.05, 4.69) is 24.0 Å². The van der Waals surface area contributed by atoms with E-state index in [1.165, 1.54) is 23.6 Å². The van der Waals surface area contributed by atoms with Crippen molar-refractivity contribution in [1.29, 1.82) is 0 Å². The first-order valence-electron chi connectivity index (χ1n) is 11.2. The molecule has 0 radical (unpaired) electrons. The standard InChI is InChI=1S/C21H32N4O4.CH2O2/c1-13-8-25(21(28)22-20(13)27)11-19(26)24-9-15-6-17(23(2)3)18(7-16(15)10-24)29-12-14-4-5-14;2-1-3/h8,14-18H,4-7,9-12H2,1-3H3,(H,22,27,28);1H,(H,2,3)/t15-,16+,17-,18-;/m1./s1. The van der Waals surface area contributed by atoms with Crippen LogP contribution in [0, 0.1) is 24.7 Å². The second-order valence-corrected chi connectivity index (χ2v) is 9.44. The smallest absolute Gasteiger partial charge is 0.328 e. The Kier molecular flexibility index (Phi) is 7.89. The van der Waals surface area contributed by atoms with Gasteiger partial charge in [0.25, 0.3) is 12.0 Å². The fourth-order valence-electron chi connectivity index (χ4n) is 4.84. The van der Waals surface area contributed by atoms with Crippen LogP contribution in [0.5, 0.6) is 0 Å². The summed E-state index contributed by atoms with van der Waals surface area (Å²) in [6.45, 7) is 3.68. The van der Waals surface area contributed by atoms with Crippen molar-refractivity contribution in [2.75, 3.05) is 33.8 Å².